The van der Waals surface area contributed by atoms with E-state index in [4.69, 9.17) is 9.47 Å². The van der Waals surface area contributed by atoms with E-state index in [0.29, 0.717) is 11.3 Å². The minimum atomic E-state index is -0.732. The van der Waals surface area contributed by atoms with Crippen molar-refractivity contribution in [1.82, 2.24) is 5.32 Å². The lowest BCUT2D eigenvalue weighted by atomic mass is 9.84. The second kappa shape index (κ2) is 9.99. The quantitative estimate of drug-likeness (QED) is 0.626. The Morgan fingerprint density at radius 2 is 1.55 bits per heavy atom. The molecule has 0 aliphatic carbocycles. The molecule has 5 heteroatoms. The SMILES string of the molecule is COc1ccc(C(=O)N[C@H](C(=O)OCc2c(C)cc(C(C)(C)C)cc2C)C(C)C)cc1. The maximum Gasteiger partial charge on any atom is 0.329 e. The summed E-state index contributed by atoms with van der Waals surface area (Å²) in [6, 6.07) is 10.3. The standard InChI is InChI=1S/C26H35NO4/c1-16(2)23(27-24(28)19-9-11-21(30-8)12-10-19)25(29)31-15-22-17(3)13-20(14-18(22)4)26(5,6)7/h9-14,16,23H,15H2,1-8H3,(H,27,28)/t23-/m0/s1. The highest BCUT2D eigenvalue weighted by molar-refractivity contribution is 5.96. The molecule has 2 rings (SSSR count). The van der Waals surface area contributed by atoms with Crippen molar-refractivity contribution in [2.24, 2.45) is 5.92 Å². The van der Waals surface area contributed by atoms with Gasteiger partial charge in [-0.2, -0.15) is 0 Å². The molecule has 0 saturated carbocycles. The number of methoxy groups -OCH3 is 1. The van der Waals surface area contributed by atoms with Gasteiger partial charge in [0.2, 0.25) is 0 Å². The van der Waals surface area contributed by atoms with Gasteiger partial charge in [0.05, 0.1) is 7.11 Å². The summed E-state index contributed by atoms with van der Waals surface area (Å²) in [6.45, 7) is 14.6. The van der Waals surface area contributed by atoms with Crippen LogP contribution in [0.15, 0.2) is 36.4 Å². The van der Waals surface area contributed by atoms with E-state index < -0.39 is 12.0 Å². The second-order valence-corrected chi connectivity index (χ2v) is 9.37. The zero-order valence-electron chi connectivity index (χ0n) is 20.0. The highest BCUT2D eigenvalue weighted by Crippen LogP contribution is 2.27. The third-order valence-corrected chi connectivity index (χ3v) is 5.48. The molecular formula is C26H35NO4. The summed E-state index contributed by atoms with van der Waals surface area (Å²) in [6.07, 6.45) is 0. The van der Waals surface area contributed by atoms with Crippen LogP contribution in [0.4, 0.5) is 0 Å². The third kappa shape index (κ3) is 6.33. The summed E-state index contributed by atoms with van der Waals surface area (Å²) in [5.41, 5.74) is 4.97. The normalized spacial score (nSPS) is 12.4. The predicted molar refractivity (Wildman–Crippen MR) is 123 cm³/mol. The lowest BCUT2D eigenvalue weighted by Gasteiger charge is -2.24. The first-order valence-corrected chi connectivity index (χ1v) is 10.7. The molecule has 0 radical (unpaired) electrons. The van der Waals surface area contributed by atoms with E-state index in [9.17, 15) is 9.59 Å². The van der Waals surface area contributed by atoms with Gasteiger partial charge < -0.3 is 14.8 Å². The monoisotopic (exact) mass is 425 g/mol. The molecular weight excluding hydrogens is 390 g/mol. The van der Waals surface area contributed by atoms with Crippen molar-refractivity contribution in [2.45, 2.75) is 66.5 Å². The largest absolute Gasteiger partial charge is 0.497 e. The highest BCUT2D eigenvalue weighted by Gasteiger charge is 2.27. The van der Waals surface area contributed by atoms with Gasteiger partial charge in [0, 0.05) is 5.56 Å². The Bertz CT molecular complexity index is 900. The van der Waals surface area contributed by atoms with Crippen LogP contribution in [0.1, 0.15) is 67.2 Å². The lowest BCUT2D eigenvalue weighted by Crippen LogP contribution is -2.45. The number of hydrogen-bond acceptors (Lipinski definition) is 4. The molecule has 0 bridgehead atoms. The van der Waals surface area contributed by atoms with Crippen LogP contribution in [0, 0.1) is 19.8 Å². The van der Waals surface area contributed by atoms with E-state index >= 15 is 0 Å². The van der Waals surface area contributed by atoms with Gasteiger partial charge in [-0.15, -0.1) is 0 Å². The first kappa shape index (κ1) is 24.4. The van der Waals surface area contributed by atoms with E-state index in [0.717, 1.165) is 16.7 Å². The number of hydrogen-bond donors (Lipinski definition) is 1. The van der Waals surface area contributed by atoms with Gasteiger partial charge >= 0.3 is 5.97 Å². The summed E-state index contributed by atoms with van der Waals surface area (Å²) >= 11 is 0. The summed E-state index contributed by atoms with van der Waals surface area (Å²) < 4.78 is 10.8. The van der Waals surface area contributed by atoms with Crippen LogP contribution in [0.2, 0.25) is 0 Å². The summed E-state index contributed by atoms with van der Waals surface area (Å²) in [7, 11) is 1.57. The molecule has 0 saturated heterocycles. The number of aryl methyl sites for hydroxylation is 2. The van der Waals surface area contributed by atoms with E-state index in [1.807, 2.05) is 27.7 Å². The van der Waals surface area contributed by atoms with Gasteiger partial charge in [-0.1, -0.05) is 46.8 Å². The minimum Gasteiger partial charge on any atom is -0.497 e. The predicted octanol–water partition coefficient (Wildman–Crippen LogP) is 5.11. The Balaban J connectivity index is 2.10. The number of carbonyl (C=O) groups excluding carboxylic acids is 2. The molecule has 2 aromatic carbocycles. The van der Waals surface area contributed by atoms with Crippen LogP contribution < -0.4 is 10.1 Å². The summed E-state index contributed by atoms with van der Waals surface area (Å²) in [5.74, 6) is -0.199. The van der Waals surface area contributed by atoms with Gasteiger partial charge in [-0.05, 0) is 71.7 Å². The Morgan fingerprint density at radius 1 is 1.00 bits per heavy atom. The molecule has 2 aromatic rings. The molecule has 0 aromatic heterocycles. The first-order valence-electron chi connectivity index (χ1n) is 10.7. The first-order chi connectivity index (χ1) is 14.4. The molecule has 0 unspecified atom stereocenters. The zero-order chi connectivity index (χ0) is 23.3. The topological polar surface area (TPSA) is 64.6 Å². The third-order valence-electron chi connectivity index (χ3n) is 5.48. The fourth-order valence-electron chi connectivity index (χ4n) is 3.35. The van der Waals surface area contributed by atoms with E-state index in [1.165, 1.54) is 5.56 Å². The van der Waals surface area contributed by atoms with Crippen molar-refractivity contribution in [3.63, 3.8) is 0 Å². The molecule has 0 heterocycles. The minimum absolute atomic E-state index is 0.0548. The number of esters is 1. The van der Waals surface area contributed by atoms with Gasteiger partial charge in [0.25, 0.3) is 5.91 Å². The van der Waals surface area contributed by atoms with Gasteiger partial charge in [-0.3, -0.25) is 4.79 Å². The number of nitrogens with one attached hydrogen (secondary N) is 1. The number of amides is 1. The van der Waals surface area contributed by atoms with Crippen molar-refractivity contribution in [3.05, 3.63) is 64.2 Å². The van der Waals surface area contributed by atoms with Crippen LogP contribution >= 0.6 is 0 Å². The number of carbonyl (C=O) groups is 2. The van der Waals surface area contributed by atoms with Gasteiger partial charge in [0.1, 0.15) is 18.4 Å². The summed E-state index contributed by atoms with van der Waals surface area (Å²) in [4.78, 5) is 25.4. The molecule has 0 fully saturated rings. The molecule has 0 aliphatic rings. The number of benzene rings is 2. The van der Waals surface area contributed by atoms with Crippen molar-refractivity contribution < 1.29 is 19.1 Å². The number of rotatable bonds is 7. The molecule has 5 nitrogen and oxygen atoms in total. The Kier molecular flexibility index (Phi) is 7.88. The fraction of sp³-hybridized carbons (Fsp3) is 0.462. The van der Waals surface area contributed by atoms with Crippen molar-refractivity contribution in [1.29, 1.82) is 0 Å². The smallest absolute Gasteiger partial charge is 0.329 e. The van der Waals surface area contributed by atoms with Crippen molar-refractivity contribution in [2.75, 3.05) is 7.11 Å². The van der Waals surface area contributed by atoms with Crippen LogP contribution in [0.5, 0.6) is 5.75 Å². The molecule has 1 N–H and O–H groups in total. The maximum absolute atomic E-state index is 12.8. The Morgan fingerprint density at radius 3 is 2.00 bits per heavy atom. The lowest BCUT2D eigenvalue weighted by molar-refractivity contribution is -0.148. The van der Waals surface area contributed by atoms with Gasteiger partial charge in [0.15, 0.2) is 0 Å². The average Bonchev–Trinajstić information content (AvgIpc) is 2.70. The van der Waals surface area contributed by atoms with Crippen LogP contribution in [-0.2, 0) is 21.6 Å². The average molecular weight is 426 g/mol. The highest BCUT2D eigenvalue weighted by atomic mass is 16.5. The van der Waals surface area contributed by atoms with Gasteiger partial charge in [-0.25, -0.2) is 4.79 Å². The van der Waals surface area contributed by atoms with Crippen molar-refractivity contribution in [3.8, 4) is 5.75 Å². The maximum atomic E-state index is 12.8. The zero-order valence-corrected chi connectivity index (χ0v) is 20.0. The van der Waals surface area contributed by atoms with E-state index in [-0.39, 0.29) is 23.8 Å². The van der Waals surface area contributed by atoms with Crippen LogP contribution in [0.3, 0.4) is 0 Å². The second-order valence-electron chi connectivity index (χ2n) is 9.37. The van der Waals surface area contributed by atoms with E-state index in [2.05, 4.69) is 38.2 Å². The molecule has 0 aliphatic heterocycles. The molecule has 1 amide bonds. The molecule has 0 spiro atoms. The van der Waals surface area contributed by atoms with Crippen molar-refractivity contribution >= 4 is 11.9 Å². The van der Waals surface area contributed by atoms with Crippen LogP contribution in [0.25, 0.3) is 0 Å². The van der Waals surface area contributed by atoms with E-state index in [1.54, 1.807) is 31.4 Å². The number of ether oxygens (including phenoxy) is 2. The molecule has 31 heavy (non-hydrogen) atoms. The molecule has 168 valence electrons. The summed E-state index contributed by atoms with van der Waals surface area (Å²) in [5, 5.41) is 2.81. The molecule has 1 atom stereocenters. The van der Waals surface area contributed by atoms with Crippen LogP contribution in [-0.4, -0.2) is 25.0 Å². The Hall–Kier alpha value is -2.82. The Labute approximate surface area is 186 Å². The fourth-order valence-corrected chi connectivity index (χ4v) is 3.35.